The highest BCUT2D eigenvalue weighted by molar-refractivity contribution is 5.33. The van der Waals surface area contributed by atoms with Crippen LogP contribution in [0.1, 0.15) is 26.3 Å². The summed E-state index contributed by atoms with van der Waals surface area (Å²) in [5.41, 5.74) is 1.27. The quantitative estimate of drug-likeness (QED) is 0.848. The van der Waals surface area contributed by atoms with Crippen LogP contribution in [0.2, 0.25) is 0 Å². The summed E-state index contributed by atoms with van der Waals surface area (Å²) in [5.74, 6) is 1.16. The van der Waals surface area contributed by atoms with Crippen molar-refractivity contribution in [2.24, 2.45) is 11.3 Å². The lowest BCUT2D eigenvalue weighted by Crippen LogP contribution is -2.26. The highest BCUT2D eigenvalue weighted by atomic mass is 16.5. The summed E-state index contributed by atoms with van der Waals surface area (Å²) in [7, 11) is 1.68. The van der Waals surface area contributed by atoms with E-state index in [1.807, 2.05) is 18.2 Å². The number of para-hydroxylation sites is 1. The van der Waals surface area contributed by atoms with Gasteiger partial charge in [0.05, 0.1) is 7.11 Å². The Bertz CT molecular complexity index is 326. The van der Waals surface area contributed by atoms with Gasteiger partial charge in [-0.3, -0.25) is 0 Å². The van der Waals surface area contributed by atoms with Crippen LogP contribution >= 0.6 is 0 Å². The monoisotopic (exact) mass is 222 g/mol. The van der Waals surface area contributed by atoms with E-state index in [1.165, 1.54) is 5.56 Å². The van der Waals surface area contributed by atoms with Gasteiger partial charge in [-0.05, 0) is 29.4 Å². The first kappa shape index (κ1) is 13.0. The molecule has 0 aromatic heterocycles. The third-order valence-electron chi connectivity index (χ3n) is 3.10. The first-order valence-corrected chi connectivity index (χ1v) is 5.71. The summed E-state index contributed by atoms with van der Waals surface area (Å²) >= 11 is 0. The van der Waals surface area contributed by atoms with Crippen LogP contribution in [0.25, 0.3) is 0 Å². The molecular weight excluding hydrogens is 200 g/mol. The highest BCUT2D eigenvalue weighted by Gasteiger charge is 2.24. The molecule has 1 aromatic carbocycles. The molecule has 0 spiro atoms. The summed E-state index contributed by atoms with van der Waals surface area (Å²) in [6.07, 6.45) is 0.851. The fraction of sp³-hybridized carbons (Fsp3) is 0.571. The van der Waals surface area contributed by atoms with Crippen molar-refractivity contribution in [2.45, 2.75) is 27.2 Å². The van der Waals surface area contributed by atoms with Crippen molar-refractivity contribution < 1.29 is 9.84 Å². The van der Waals surface area contributed by atoms with Crippen molar-refractivity contribution in [2.75, 3.05) is 13.7 Å². The molecule has 1 aromatic rings. The molecule has 0 aliphatic heterocycles. The third kappa shape index (κ3) is 3.24. The van der Waals surface area contributed by atoms with Crippen molar-refractivity contribution >= 4 is 0 Å². The van der Waals surface area contributed by atoms with Crippen LogP contribution in [-0.4, -0.2) is 18.8 Å². The molecule has 1 atom stereocenters. The lowest BCUT2D eigenvalue weighted by molar-refractivity contribution is 0.130. The fourth-order valence-corrected chi connectivity index (χ4v) is 1.78. The molecule has 0 aliphatic rings. The van der Waals surface area contributed by atoms with Gasteiger partial charge in [-0.15, -0.1) is 0 Å². The molecule has 1 rings (SSSR count). The molecule has 0 saturated heterocycles. The zero-order valence-corrected chi connectivity index (χ0v) is 10.7. The van der Waals surface area contributed by atoms with Crippen LogP contribution in [0.15, 0.2) is 24.3 Å². The van der Waals surface area contributed by atoms with Crippen LogP contribution in [0.3, 0.4) is 0 Å². The Balaban J connectivity index is 2.86. The zero-order valence-electron chi connectivity index (χ0n) is 10.7. The van der Waals surface area contributed by atoms with E-state index in [1.54, 1.807) is 7.11 Å². The van der Waals surface area contributed by atoms with Gasteiger partial charge in [0.15, 0.2) is 0 Å². The molecule has 1 unspecified atom stereocenters. The Morgan fingerprint density at radius 1 is 1.25 bits per heavy atom. The standard InChI is InChI=1S/C14H22O2/c1-14(2,3)12(10-15)9-11-7-5-6-8-13(11)16-4/h5-8,12,15H,9-10H2,1-4H3. The molecular formula is C14H22O2. The van der Waals surface area contributed by atoms with Gasteiger partial charge in [0.2, 0.25) is 0 Å². The fourth-order valence-electron chi connectivity index (χ4n) is 1.78. The van der Waals surface area contributed by atoms with Gasteiger partial charge in [-0.25, -0.2) is 0 Å². The van der Waals surface area contributed by atoms with Gasteiger partial charge in [0, 0.05) is 6.61 Å². The second kappa shape index (κ2) is 5.35. The predicted molar refractivity (Wildman–Crippen MR) is 66.7 cm³/mol. The van der Waals surface area contributed by atoms with Gasteiger partial charge in [0.25, 0.3) is 0 Å². The molecule has 0 radical (unpaired) electrons. The second-order valence-electron chi connectivity index (χ2n) is 5.26. The van der Waals surface area contributed by atoms with E-state index in [9.17, 15) is 5.11 Å². The molecule has 0 saturated carbocycles. The second-order valence-corrected chi connectivity index (χ2v) is 5.26. The van der Waals surface area contributed by atoms with E-state index in [4.69, 9.17) is 4.74 Å². The first-order valence-electron chi connectivity index (χ1n) is 5.71. The van der Waals surface area contributed by atoms with E-state index in [-0.39, 0.29) is 17.9 Å². The molecule has 0 aliphatic carbocycles. The van der Waals surface area contributed by atoms with Crippen LogP contribution < -0.4 is 4.74 Å². The minimum absolute atomic E-state index is 0.107. The average molecular weight is 222 g/mol. The largest absolute Gasteiger partial charge is 0.496 e. The van der Waals surface area contributed by atoms with Crippen molar-refractivity contribution in [1.82, 2.24) is 0 Å². The van der Waals surface area contributed by atoms with Gasteiger partial charge < -0.3 is 9.84 Å². The Morgan fingerprint density at radius 3 is 2.38 bits per heavy atom. The maximum atomic E-state index is 9.45. The number of hydrogen-bond donors (Lipinski definition) is 1. The van der Waals surface area contributed by atoms with Crippen LogP contribution in [-0.2, 0) is 6.42 Å². The number of aliphatic hydroxyl groups excluding tert-OH is 1. The molecule has 90 valence electrons. The summed E-state index contributed by atoms with van der Waals surface area (Å²) in [6, 6.07) is 8.00. The molecule has 0 fully saturated rings. The highest BCUT2D eigenvalue weighted by Crippen LogP contribution is 2.31. The van der Waals surface area contributed by atoms with Crippen LogP contribution in [0.5, 0.6) is 5.75 Å². The van der Waals surface area contributed by atoms with Gasteiger partial charge in [-0.2, -0.15) is 0 Å². The average Bonchev–Trinajstić information content (AvgIpc) is 2.24. The van der Waals surface area contributed by atoms with Gasteiger partial charge >= 0.3 is 0 Å². The summed E-state index contributed by atoms with van der Waals surface area (Å²) in [4.78, 5) is 0. The predicted octanol–water partition coefficient (Wildman–Crippen LogP) is 2.89. The van der Waals surface area contributed by atoms with Crippen molar-refractivity contribution in [1.29, 1.82) is 0 Å². The van der Waals surface area contributed by atoms with Crippen molar-refractivity contribution in [3.63, 3.8) is 0 Å². The number of aliphatic hydroxyl groups is 1. The number of hydrogen-bond acceptors (Lipinski definition) is 2. The Labute approximate surface area is 98.3 Å². The normalized spacial score (nSPS) is 13.6. The molecule has 16 heavy (non-hydrogen) atoms. The summed E-state index contributed by atoms with van der Waals surface area (Å²) < 4.78 is 5.32. The first-order chi connectivity index (χ1) is 7.49. The Kier molecular flexibility index (Phi) is 4.36. The van der Waals surface area contributed by atoms with Gasteiger partial charge in [-0.1, -0.05) is 39.0 Å². The van der Waals surface area contributed by atoms with E-state index in [0.717, 1.165) is 12.2 Å². The van der Waals surface area contributed by atoms with E-state index in [0.29, 0.717) is 0 Å². The van der Waals surface area contributed by atoms with E-state index >= 15 is 0 Å². The van der Waals surface area contributed by atoms with Crippen molar-refractivity contribution in [3.05, 3.63) is 29.8 Å². The van der Waals surface area contributed by atoms with Crippen molar-refractivity contribution in [3.8, 4) is 5.75 Å². The minimum atomic E-state index is 0.107. The lowest BCUT2D eigenvalue weighted by Gasteiger charge is -2.29. The van der Waals surface area contributed by atoms with Gasteiger partial charge in [0.1, 0.15) is 5.75 Å². The molecule has 0 bridgehead atoms. The lowest BCUT2D eigenvalue weighted by atomic mass is 9.77. The van der Waals surface area contributed by atoms with Crippen LogP contribution in [0.4, 0.5) is 0 Å². The van der Waals surface area contributed by atoms with E-state index < -0.39 is 0 Å². The maximum Gasteiger partial charge on any atom is 0.122 e. The Hall–Kier alpha value is -1.02. The maximum absolute atomic E-state index is 9.45. The topological polar surface area (TPSA) is 29.5 Å². The summed E-state index contributed by atoms with van der Waals surface area (Å²) in [5, 5.41) is 9.45. The minimum Gasteiger partial charge on any atom is -0.496 e. The number of rotatable bonds is 4. The molecule has 0 amide bonds. The molecule has 0 heterocycles. The molecule has 2 nitrogen and oxygen atoms in total. The van der Waals surface area contributed by atoms with Crippen LogP contribution in [0, 0.1) is 11.3 Å². The van der Waals surface area contributed by atoms with E-state index in [2.05, 4.69) is 26.8 Å². The smallest absolute Gasteiger partial charge is 0.122 e. The molecule has 1 N–H and O–H groups in total. The molecule has 2 heteroatoms. The number of benzene rings is 1. The number of ether oxygens (including phenoxy) is 1. The SMILES string of the molecule is COc1ccccc1CC(CO)C(C)(C)C. The summed E-state index contributed by atoms with van der Waals surface area (Å²) in [6.45, 7) is 6.68. The Morgan fingerprint density at radius 2 is 1.88 bits per heavy atom. The third-order valence-corrected chi connectivity index (χ3v) is 3.10. The number of methoxy groups -OCH3 is 1. The zero-order chi connectivity index (χ0) is 12.2.